The predicted molar refractivity (Wildman–Crippen MR) is 154 cm³/mol. The minimum absolute atomic E-state index is 0.107. The molecular formula is C30H39FN6O4. The molecule has 3 aromatic rings. The molecule has 1 amide bonds. The molecule has 0 atom stereocenters. The van der Waals surface area contributed by atoms with Gasteiger partial charge in [-0.2, -0.15) is 0 Å². The van der Waals surface area contributed by atoms with Crippen molar-refractivity contribution in [3.63, 3.8) is 0 Å². The quantitative estimate of drug-likeness (QED) is 0.362. The molecule has 41 heavy (non-hydrogen) atoms. The van der Waals surface area contributed by atoms with E-state index in [1.807, 2.05) is 34.7 Å². The molecule has 11 heteroatoms. The number of halogens is 1. The summed E-state index contributed by atoms with van der Waals surface area (Å²) in [6.07, 6.45) is 2.39. The molecule has 4 heterocycles. The highest BCUT2D eigenvalue weighted by Crippen LogP contribution is 2.45. The Morgan fingerprint density at radius 3 is 2.59 bits per heavy atom. The lowest BCUT2D eigenvalue weighted by Crippen LogP contribution is -2.61. The van der Waals surface area contributed by atoms with E-state index >= 15 is 4.39 Å². The van der Waals surface area contributed by atoms with Crippen molar-refractivity contribution in [2.24, 2.45) is 5.41 Å². The molecule has 1 aromatic carbocycles. The first-order valence-electron chi connectivity index (χ1n) is 14.3. The van der Waals surface area contributed by atoms with Crippen molar-refractivity contribution >= 4 is 11.9 Å². The maximum atomic E-state index is 15.3. The van der Waals surface area contributed by atoms with Crippen molar-refractivity contribution in [3.8, 4) is 28.4 Å². The van der Waals surface area contributed by atoms with Gasteiger partial charge in [0.1, 0.15) is 23.1 Å². The number of likely N-dealkylation sites (tertiary alicyclic amines) is 1. The number of rotatable bonds is 9. The smallest absolute Gasteiger partial charge is 0.409 e. The number of ether oxygens (including phenoxy) is 2. The summed E-state index contributed by atoms with van der Waals surface area (Å²) in [6, 6.07) is 4.70. The van der Waals surface area contributed by atoms with Gasteiger partial charge in [-0.3, -0.25) is 0 Å². The fourth-order valence-electron chi connectivity index (χ4n) is 5.81. The molecule has 2 fully saturated rings. The van der Waals surface area contributed by atoms with E-state index in [1.54, 1.807) is 17.0 Å². The van der Waals surface area contributed by atoms with Crippen LogP contribution in [0.1, 0.15) is 43.2 Å². The average molecular weight is 567 g/mol. The minimum atomic E-state index is -0.418. The fraction of sp³-hybridized carbons (Fsp3) is 0.533. The number of piperidine rings is 1. The second kappa shape index (κ2) is 12.0. The third kappa shape index (κ3) is 5.86. The Hall–Kier alpha value is -3.73. The Balaban J connectivity index is 1.45. The second-order valence-corrected chi connectivity index (χ2v) is 11.0. The van der Waals surface area contributed by atoms with E-state index in [0.717, 1.165) is 61.5 Å². The molecule has 220 valence electrons. The van der Waals surface area contributed by atoms with Crippen LogP contribution in [0.15, 0.2) is 22.7 Å². The summed E-state index contributed by atoms with van der Waals surface area (Å²) in [6.45, 7) is 12.2. The molecule has 2 aromatic heterocycles. The number of hydrogen-bond donors (Lipinski definition) is 1. The van der Waals surface area contributed by atoms with Gasteiger partial charge in [-0.25, -0.2) is 19.2 Å². The lowest BCUT2D eigenvalue weighted by molar-refractivity contribution is 0.0549. The van der Waals surface area contributed by atoms with Gasteiger partial charge in [-0.05, 0) is 78.7 Å². The molecule has 1 spiro atoms. The SMILES string of the molecule is CCOC(=O)N1CCC2(CC1)CN(c1nc(-c3cc(OCCCNC)ccc3F)nc(-c3c(C)noc3C)c1C)C2. The number of carbonyl (C=O) groups excluding carboxylic acids is 1. The molecule has 0 unspecified atom stereocenters. The van der Waals surface area contributed by atoms with E-state index in [9.17, 15) is 4.79 Å². The van der Waals surface area contributed by atoms with Crippen molar-refractivity contribution < 1.29 is 23.2 Å². The summed E-state index contributed by atoms with van der Waals surface area (Å²) in [4.78, 5) is 26.0. The number of carbonyl (C=O) groups is 1. The highest BCUT2D eigenvalue weighted by Gasteiger charge is 2.47. The molecular weight excluding hydrogens is 527 g/mol. The largest absolute Gasteiger partial charge is 0.494 e. The molecule has 2 aliphatic rings. The molecule has 2 saturated heterocycles. The summed E-state index contributed by atoms with van der Waals surface area (Å²) >= 11 is 0. The zero-order valence-corrected chi connectivity index (χ0v) is 24.6. The van der Waals surface area contributed by atoms with Crippen LogP contribution in [-0.2, 0) is 4.74 Å². The lowest BCUT2D eigenvalue weighted by Gasteiger charge is -2.54. The topological polar surface area (TPSA) is 106 Å². The zero-order chi connectivity index (χ0) is 29.1. The van der Waals surface area contributed by atoms with E-state index in [2.05, 4.69) is 15.4 Å². The van der Waals surface area contributed by atoms with Crippen LogP contribution in [0.5, 0.6) is 5.75 Å². The van der Waals surface area contributed by atoms with E-state index < -0.39 is 5.82 Å². The highest BCUT2D eigenvalue weighted by atomic mass is 19.1. The Morgan fingerprint density at radius 2 is 1.93 bits per heavy atom. The van der Waals surface area contributed by atoms with Gasteiger partial charge in [0.05, 0.1) is 35.7 Å². The monoisotopic (exact) mass is 566 g/mol. The summed E-state index contributed by atoms with van der Waals surface area (Å²) in [5, 5.41) is 7.23. The van der Waals surface area contributed by atoms with Crippen molar-refractivity contribution in [2.75, 3.05) is 57.9 Å². The summed E-state index contributed by atoms with van der Waals surface area (Å²) in [7, 11) is 1.89. The molecule has 2 aliphatic heterocycles. The van der Waals surface area contributed by atoms with Gasteiger partial charge in [0.2, 0.25) is 0 Å². The van der Waals surface area contributed by atoms with Crippen molar-refractivity contribution in [2.45, 2.75) is 47.0 Å². The Kier molecular flexibility index (Phi) is 8.44. The van der Waals surface area contributed by atoms with Crippen LogP contribution in [0, 0.1) is 32.0 Å². The summed E-state index contributed by atoms with van der Waals surface area (Å²) < 4.78 is 31.8. The van der Waals surface area contributed by atoms with Crippen LogP contribution in [0.4, 0.5) is 15.0 Å². The Morgan fingerprint density at radius 1 is 1.17 bits per heavy atom. The number of anilines is 1. The molecule has 0 bridgehead atoms. The zero-order valence-electron chi connectivity index (χ0n) is 24.6. The third-order valence-electron chi connectivity index (χ3n) is 8.11. The number of amides is 1. The Bertz CT molecular complexity index is 1370. The maximum absolute atomic E-state index is 15.3. The van der Waals surface area contributed by atoms with E-state index in [-0.39, 0.29) is 22.9 Å². The molecule has 0 aliphatic carbocycles. The van der Waals surface area contributed by atoms with Crippen LogP contribution in [0.2, 0.25) is 0 Å². The van der Waals surface area contributed by atoms with Crippen molar-refractivity contribution in [1.82, 2.24) is 25.3 Å². The van der Waals surface area contributed by atoms with Crippen LogP contribution in [-0.4, -0.2) is 79.1 Å². The average Bonchev–Trinajstić information content (AvgIpc) is 3.28. The number of nitrogens with one attached hydrogen (secondary N) is 1. The normalized spacial score (nSPS) is 16.1. The minimum Gasteiger partial charge on any atom is -0.494 e. The van der Waals surface area contributed by atoms with E-state index in [4.69, 9.17) is 24.0 Å². The van der Waals surface area contributed by atoms with Gasteiger partial charge in [-0.15, -0.1) is 0 Å². The van der Waals surface area contributed by atoms with E-state index in [1.165, 1.54) is 6.07 Å². The molecule has 1 N–H and O–H groups in total. The van der Waals surface area contributed by atoms with Crippen LogP contribution in [0.3, 0.4) is 0 Å². The van der Waals surface area contributed by atoms with Gasteiger partial charge >= 0.3 is 6.09 Å². The molecule has 5 rings (SSSR count). The lowest BCUT2D eigenvalue weighted by atomic mass is 9.72. The summed E-state index contributed by atoms with van der Waals surface area (Å²) in [5.74, 6) is 1.85. The number of benzene rings is 1. The second-order valence-electron chi connectivity index (χ2n) is 11.0. The third-order valence-corrected chi connectivity index (χ3v) is 8.11. The first-order chi connectivity index (χ1) is 19.7. The summed E-state index contributed by atoms with van der Waals surface area (Å²) in [5.41, 5.74) is 3.47. The highest BCUT2D eigenvalue weighted by molar-refractivity contribution is 5.75. The number of aromatic nitrogens is 3. The molecule has 10 nitrogen and oxygen atoms in total. The van der Waals surface area contributed by atoms with Crippen LogP contribution < -0.4 is 15.0 Å². The van der Waals surface area contributed by atoms with Gasteiger partial charge < -0.3 is 29.1 Å². The number of hydrogen-bond acceptors (Lipinski definition) is 9. The van der Waals surface area contributed by atoms with E-state index in [0.29, 0.717) is 43.5 Å². The van der Waals surface area contributed by atoms with Crippen LogP contribution >= 0.6 is 0 Å². The predicted octanol–water partition coefficient (Wildman–Crippen LogP) is 4.91. The fourth-order valence-corrected chi connectivity index (χ4v) is 5.81. The maximum Gasteiger partial charge on any atom is 0.409 e. The molecule has 0 radical (unpaired) electrons. The first-order valence-corrected chi connectivity index (χ1v) is 14.3. The Labute approximate surface area is 240 Å². The molecule has 0 saturated carbocycles. The number of aryl methyl sites for hydroxylation is 2. The van der Waals surface area contributed by atoms with Crippen molar-refractivity contribution in [3.05, 3.63) is 41.0 Å². The van der Waals surface area contributed by atoms with Gasteiger partial charge in [0.25, 0.3) is 0 Å². The van der Waals surface area contributed by atoms with Gasteiger partial charge in [-0.1, -0.05) is 5.16 Å². The van der Waals surface area contributed by atoms with Crippen molar-refractivity contribution in [1.29, 1.82) is 0 Å². The van der Waals surface area contributed by atoms with Gasteiger partial charge in [0, 0.05) is 37.2 Å². The first kappa shape index (κ1) is 28.8. The van der Waals surface area contributed by atoms with Gasteiger partial charge in [0.15, 0.2) is 5.82 Å². The number of nitrogens with zero attached hydrogens (tertiary/aromatic N) is 5. The van der Waals surface area contributed by atoms with Crippen LogP contribution in [0.25, 0.3) is 22.6 Å². The standard InChI is InChI=1S/C30H39FN6O4/c1-6-39-29(38)36-13-10-30(11-14-36)17-37(18-30)28-19(2)26(25-20(3)35-41-21(25)4)33-27(34-28)23-16-22(8-9-24(23)31)40-15-7-12-32-5/h8-9,16,32H,6-7,10-15,17-18H2,1-5H3.